The Morgan fingerprint density at radius 3 is 2.48 bits per heavy atom. The highest BCUT2D eigenvalue weighted by molar-refractivity contribution is 7.92. The van der Waals surface area contributed by atoms with Crippen LogP contribution in [0.5, 0.6) is 0 Å². The number of halogens is 1. The Morgan fingerprint density at radius 2 is 1.84 bits per heavy atom. The maximum Gasteiger partial charge on any atom is 0.261 e. The number of nitrogens with zero attached hydrogens (tertiary/aromatic N) is 1. The van der Waals surface area contributed by atoms with Gasteiger partial charge < -0.3 is 4.42 Å². The number of aromatic nitrogens is 1. The first kappa shape index (κ1) is 17.4. The third-order valence-corrected chi connectivity index (χ3v) is 5.11. The van der Waals surface area contributed by atoms with E-state index in [1.807, 2.05) is 20.8 Å². The van der Waals surface area contributed by atoms with Gasteiger partial charge in [0.25, 0.3) is 10.0 Å². The number of anilines is 1. The van der Waals surface area contributed by atoms with Crippen molar-refractivity contribution in [3.05, 3.63) is 53.7 Å². The first-order valence-corrected chi connectivity index (χ1v) is 9.25. The number of hydrogen-bond donors (Lipinski definition) is 1. The zero-order valence-electron chi connectivity index (χ0n) is 14.4. The molecule has 0 aliphatic rings. The van der Waals surface area contributed by atoms with Crippen LogP contribution in [0.15, 0.2) is 45.7 Å². The normalized spacial score (nSPS) is 12.5. The van der Waals surface area contributed by atoms with Crippen LogP contribution in [0.25, 0.3) is 11.1 Å². The molecule has 0 spiro atoms. The Kier molecular flexibility index (Phi) is 4.07. The van der Waals surface area contributed by atoms with Crippen molar-refractivity contribution in [1.29, 1.82) is 0 Å². The molecule has 7 heteroatoms. The van der Waals surface area contributed by atoms with Crippen LogP contribution in [0, 0.1) is 12.7 Å². The lowest BCUT2D eigenvalue weighted by Crippen LogP contribution is -2.13. The largest absolute Gasteiger partial charge is 0.440 e. The molecule has 0 atom stereocenters. The minimum Gasteiger partial charge on any atom is -0.440 e. The summed E-state index contributed by atoms with van der Waals surface area (Å²) in [5.74, 6) is 0.00719. The Balaban J connectivity index is 1.95. The van der Waals surface area contributed by atoms with Gasteiger partial charge in [0.05, 0.1) is 10.6 Å². The molecular formula is C18H19FN2O3S. The third-order valence-electron chi connectivity index (χ3n) is 3.73. The molecule has 1 heterocycles. The molecule has 3 aromatic rings. The fourth-order valence-corrected chi connectivity index (χ4v) is 3.33. The van der Waals surface area contributed by atoms with Gasteiger partial charge in [0.2, 0.25) is 5.89 Å². The Hall–Kier alpha value is -2.41. The summed E-state index contributed by atoms with van der Waals surface area (Å²) < 4.78 is 46.7. The van der Waals surface area contributed by atoms with Crippen molar-refractivity contribution in [3.63, 3.8) is 0 Å². The maximum absolute atomic E-state index is 13.7. The molecule has 25 heavy (non-hydrogen) atoms. The number of fused-ring (bicyclic) bond motifs is 1. The lowest BCUT2D eigenvalue weighted by molar-refractivity contribution is 0.411. The molecule has 1 aromatic heterocycles. The van der Waals surface area contributed by atoms with Gasteiger partial charge in [-0.2, -0.15) is 0 Å². The topological polar surface area (TPSA) is 72.2 Å². The molecule has 0 saturated carbocycles. The number of benzene rings is 2. The predicted molar refractivity (Wildman–Crippen MR) is 94.7 cm³/mol. The van der Waals surface area contributed by atoms with Crippen LogP contribution in [-0.2, 0) is 15.4 Å². The summed E-state index contributed by atoms with van der Waals surface area (Å²) in [5, 5.41) is 0. The van der Waals surface area contributed by atoms with Crippen molar-refractivity contribution in [2.45, 2.75) is 38.0 Å². The second-order valence-corrected chi connectivity index (χ2v) is 8.65. The van der Waals surface area contributed by atoms with Gasteiger partial charge in [0, 0.05) is 5.41 Å². The highest BCUT2D eigenvalue weighted by Gasteiger charge is 2.21. The summed E-state index contributed by atoms with van der Waals surface area (Å²) in [7, 11) is -3.89. The molecule has 0 saturated heterocycles. The molecule has 0 bridgehead atoms. The number of aryl methyl sites for hydroxylation is 1. The molecule has 0 aliphatic heterocycles. The number of sulfonamides is 1. The highest BCUT2D eigenvalue weighted by atomic mass is 32.2. The monoisotopic (exact) mass is 362 g/mol. The zero-order valence-corrected chi connectivity index (χ0v) is 15.2. The van der Waals surface area contributed by atoms with E-state index in [9.17, 15) is 12.8 Å². The second kappa shape index (κ2) is 5.84. The van der Waals surface area contributed by atoms with Crippen LogP contribution in [0.2, 0.25) is 0 Å². The summed E-state index contributed by atoms with van der Waals surface area (Å²) in [6.07, 6.45) is 0. The van der Waals surface area contributed by atoms with Gasteiger partial charge in [-0.3, -0.25) is 4.72 Å². The SMILES string of the molecule is Cc1ccc(S(=O)(=O)Nc2ccc3oc(C(C)(C)C)nc3c2)cc1F. The number of nitrogens with one attached hydrogen (secondary N) is 1. The summed E-state index contributed by atoms with van der Waals surface area (Å²) in [5.41, 5.74) is 1.60. The van der Waals surface area contributed by atoms with Crippen LogP contribution in [0.1, 0.15) is 32.2 Å². The summed E-state index contributed by atoms with van der Waals surface area (Å²) >= 11 is 0. The fraction of sp³-hybridized carbons (Fsp3) is 0.278. The number of rotatable bonds is 3. The quantitative estimate of drug-likeness (QED) is 0.751. The van der Waals surface area contributed by atoms with Crippen LogP contribution >= 0.6 is 0 Å². The summed E-state index contributed by atoms with van der Waals surface area (Å²) in [6, 6.07) is 8.64. The van der Waals surface area contributed by atoms with Gasteiger partial charge >= 0.3 is 0 Å². The Labute approximate surface area is 145 Å². The van der Waals surface area contributed by atoms with Crippen LogP contribution in [-0.4, -0.2) is 13.4 Å². The lowest BCUT2D eigenvalue weighted by atomic mass is 9.97. The molecule has 0 aliphatic carbocycles. The van der Waals surface area contributed by atoms with Gasteiger partial charge in [-0.25, -0.2) is 17.8 Å². The highest BCUT2D eigenvalue weighted by Crippen LogP contribution is 2.28. The first-order valence-electron chi connectivity index (χ1n) is 7.76. The van der Waals surface area contributed by atoms with Crippen molar-refractivity contribution in [3.8, 4) is 0 Å². The van der Waals surface area contributed by atoms with Crippen molar-refractivity contribution in [2.75, 3.05) is 4.72 Å². The molecule has 0 radical (unpaired) electrons. The molecular weight excluding hydrogens is 343 g/mol. The molecule has 3 rings (SSSR count). The smallest absolute Gasteiger partial charge is 0.261 e. The average Bonchev–Trinajstić information content (AvgIpc) is 2.93. The lowest BCUT2D eigenvalue weighted by Gasteiger charge is -2.11. The van der Waals surface area contributed by atoms with Gasteiger partial charge in [0.15, 0.2) is 5.58 Å². The second-order valence-electron chi connectivity index (χ2n) is 6.97. The third kappa shape index (κ3) is 3.51. The number of hydrogen-bond acceptors (Lipinski definition) is 4. The standard InChI is InChI=1S/C18H19FN2O3S/c1-11-5-7-13(10-14(11)19)25(22,23)21-12-6-8-16-15(9-12)20-17(24-16)18(2,3)4/h5-10,21H,1-4H3. The van der Waals surface area contributed by atoms with E-state index in [2.05, 4.69) is 9.71 Å². The molecule has 1 N–H and O–H groups in total. The van der Waals surface area contributed by atoms with E-state index in [1.165, 1.54) is 12.1 Å². The summed E-state index contributed by atoms with van der Waals surface area (Å²) in [6.45, 7) is 7.51. The Morgan fingerprint density at radius 1 is 1.12 bits per heavy atom. The minimum absolute atomic E-state index is 0.133. The summed E-state index contributed by atoms with van der Waals surface area (Å²) in [4.78, 5) is 4.28. The van der Waals surface area contributed by atoms with Gasteiger partial charge in [0.1, 0.15) is 11.3 Å². The van der Waals surface area contributed by atoms with Gasteiger partial charge in [-0.15, -0.1) is 0 Å². The predicted octanol–water partition coefficient (Wildman–Crippen LogP) is 4.37. The van der Waals surface area contributed by atoms with Crippen molar-refractivity contribution < 1.29 is 17.2 Å². The van der Waals surface area contributed by atoms with Crippen molar-refractivity contribution in [2.24, 2.45) is 0 Å². The van der Waals surface area contributed by atoms with Crippen LogP contribution in [0.3, 0.4) is 0 Å². The molecule has 132 valence electrons. The van der Waals surface area contributed by atoms with E-state index in [1.54, 1.807) is 25.1 Å². The first-order chi connectivity index (χ1) is 11.6. The van der Waals surface area contributed by atoms with Crippen LogP contribution < -0.4 is 4.72 Å². The molecule has 0 fully saturated rings. The van der Waals surface area contributed by atoms with E-state index in [-0.39, 0.29) is 10.3 Å². The number of oxazole rings is 1. The minimum atomic E-state index is -3.89. The molecule has 0 amide bonds. The fourth-order valence-electron chi connectivity index (χ4n) is 2.27. The van der Waals surface area contributed by atoms with Crippen molar-refractivity contribution >= 4 is 26.8 Å². The Bertz CT molecular complexity index is 1050. The molecule has 5 nitrogen and oxygen atoms in total. The van der Waals surface area contributed by atoms with Gasteiger partial charge in [-0.1, -0.05) is 26.8 Å². The van der Waals surface area contributed by atoms with Crippen LogP contribution in [0.4, 0.5) is 10.1 Å². The zero-order chi connectivity index (χ0) is 18.4. The maximum atomic E-state index is 13.7. The van der Waals surface area contributed by atoms with E-state index in [0.29, 0.717) is 28.2 Å². The molecule has 2 aromatic carbocycles. The molecule has 0 unspecified atom stereocenters. The average molecular weight is 362 g/mol. The van der Waals surface area contributed by atoms with E-state index < -0.39 is 15.8 Å². The van der Waals surface area contributed by atoms with Gasteiger partial charge in [-0.05, 0) is 42.8 Å². The van der Waals surface area contributed by atoms with Crippen molar-refractivity contribution in [1.82, 2.24) is 4.98 Å². The van der Waals surface area contributed by atoms with E-state index in [4.69, 9.17) is 4.42 Å². The van der Waals surface area contributed by atoms with E-state index >= 15 is 0 Å². The van der Waals surface area contributed by atoms with E-state index in [0.717, 1.165) is 6.07 Å².